The summed E-state index contributed by atoms with van der Waals surface area (Å²) < 4.78 is 1.55. The Kier molecular flexibility index (Phi) is 6.83. The molecule has 0 atom stereocenters. The highest BCUT2D eigenvalue weighted by molar-refractivity contribution is 9.11. The molecule has 0 heterocycles. The molecular formula is C14H18Br2N2O3. The van der Waals surface area contributed by atoms with Crippen LogP contribution in [0.4, 0.5) is 5.69 Å². The molecule has 1 amide bonds. The number of nitrogens with zero attached hydrogens (tertiary/aromatic N) is 1. The van der Waals surface area contributed by atoms with Crippen LogP contribution in [0.1, 0.15) is 19.4 Å². The van der Waals surface area contributed by atoms with Crippen molar-refractivity contribution in [1.82, 2.24) is 4.90 Å². The van der Waals surface area contributed by atoms with Crippen LogP contribution in [0, 0.1) is 6.92 Å². The minimum atomic E-state index is -0.950. The van der Waals surface area contributed by atoms with E-state index in [0.29, 0.717) is 5.69 Å². The van der Waals surface area contributed by atoms with Crippen molar-refractivity contribution in [1.29, 1.82) is 0 Å². The average Bonchev–Trinajstić information content (AvgIpc) is 2.32. The number of benzene rings is 1. The number of amides is 1. The van der Waals surface area contributed by atoms with Crippen molar-refractivity contribution in [3.8, 4) is 0 Å². The van der Waals surface area contributed by atoms with Crippen LogP contribution >= 0.6 is 31.9 Å². The maximum absolute atomic E-state index is 12.1. The van der Waals surface area contributed by atoms with Gasteiger partial charge < -0.3 is 10.4 Å². The summed E-state index contributed by atoms with van der Waals surface area (Å²) in [4.78, 5) is 24.5. The zero-order valence-electron chi connectivity index (χ0n) is 12.1. The molecule has 0 aliphatic carbocycles. The molecule has 0 saturated carbocycles. The molecule has 0 saturated heterocycles. The monoisotopic (exact) mass is 420 g/mol. The molecule has 2 N–H and O–H groups in total. The number of rotatable bonds is 6. The number of carbonyl (C=O) groups excluding carboxylic acids is 1. The Morgan fingerprint density at radius 2 is 1.76 bits per heavy atom. The third kappa shape index (κ3) is 5.76. The first kappa shape index (κ1) is 18.1. The van der Waals surface area contributed by atoms with E-state index in [2.05, 4.69) is 37.2 Å². The number of anilines is 1. The van der Waals surface area contributed by atoms with E-state index in [9.17, 15) is 9.59 Å². The molecule has 21 heavy (non-hydrogen) atoms. The number of nitrogens with one attached hydrogen (secondary N) is 1. The number of hydrogen-bond acceptors (Lipinski definition) is 3. The van der Waals surface area contributed by atoms with Gasteiger partial charge in [0.05, 0.1) is 18.8 Å². The lowest BCUT2D eigenvalue weighted by molar-refractivity contribution is -0.139. The predicted molar refractivity (Wildman–Crippen MR) is 89.6 cm³/mol. The van der Waals surface area contributed by atoms with Crippen LogP contribution in [0.15, 0.2) is 21.1 Å². The highest BCUT2D eigenvalue weighted by Crippen LogP contribution is 2.32. The molecule has 0 aliphatic heterocycles. The summed E-state index contributed by atoms with van der Waals surface area (Å²) in [5, 5.41) is 11.7. The van der Waals surface area contributed by atoms with Gasteiger partial charge in [0.2, 0.25) is 5.91 Å². The second kappa shape index (κ2) is 7.91. The summed E-state index contributed by atoms with van der Waals surface area (Å²) in [6.07, 6.45) is 0. The Morgan fingerprint density at radius 3 is 2.19 bits per heavy atom. The molecule has 0 bridgehead atoms. The second-order valence-corrected chi connectivity index (χ2v) is 6.75. The lowest BCUT2D eigenvalue weighted by Crippen LogP contribution is -2.41. The fourth-order valence-corrected chi connectivity index (χ4v) is 3.39. The van der Waals surface area contributed by atoms with Crippen LogP contribution in [0.5, 0.6) is 0 Å². The van der Waals surface area contributed by atoms with Crippen molar-refractivity contribution in [2.45, 2.75) is 26.8 Å². The molecule has 0 radical (unpaired) electrons. The normalized spacial score (nSPS) is 11.0. The van der Waals surface area contributed by atoms with Crippen LogP contribution in [0.25, 0.3) is 0 Å². The van der Waals surface area contributed by atoms with Crippen molar-refractivity contribution in [3.63, 3.8) is 0 Å². The van der Waals surface area contributed by atoms with Gasteiger partial charge in [0.1, 0.15) is 0 Å². The van der Waals surface area contributed by atoms with Gasteiger partial charge in [-0.1, -0.05) is 0 Å². The SMILES string of the molecule is Cc1cc(Br)c(NC(=O)CN(CC(=O)O)C(C)C)c(Br)c1. The zero-order chi connectivity index (χ0) is 16.2. The minimum Gasteiger partial charge on any atom is -0.480 e. The van der Waals surface area contributed by atoms with Gasteiger partial charge in [0.25, 0.3) is 0 Å². The van der Waals surface area contributed by atoms with E-state index in [1.54, 1.807) is 4.90 Å². The average molecular weight is 422 g/mol. The summed E-state index contributed by atoms with van der Waals surface area (Å²) in [6, 6.07) is 3.77. The largest absolute Gasteiger partial charge is 0.480 e. The summed E-state index contributed by atoms with van der Waals surface area (Å²) in [6.45, 7) is 5.52. The number of aryl methyl sites for hydroxylation is 1. The van der Waals surface area contributed by atoms with Gasteiger partial charge in [-0.15, -0.1) is 0 Å². The van der Waals surface area contributed by atoms with Crippen LogP contribution in [-0.2, 0) is 9.59 Å². The number of aliphatic carboxylic acids is 1. The molecule has 0 unspecified atom stereocenters. The van der Waals surface area contributed by atoms with E-state index in [1.165, 1.54) is 0 Å². The molecule has 0 aromatic heterocycles. The molecule has 0 spiro atoms. The van der Waals surface area contributed by atoms with E-state index in [4.69, 9.17) is 5.11 Å². The number of halogens is 2. The van der Waals surface area contributed by atoms with Crippen LogP contribution in [0.2, 0.25) is 0 Å². The molecule has 0 aliphatic rings. The van der Waals surface area contributed by atoms with Crippen LogP contribution < -0.4 is 5.32 Å². The van der Waals surface area contributed by atoms with Crippen molar-refractivity contribution >= 4 is 49.4 Å². The van der Waals surface area contributed by atoms with E-state index in [-0.39, 0.29) is 25.0 Å². The van der Waals surface area contributed by atoms with Crippen molar-refractivity contribution in [3.05, 3.63) is 26.6 Å². The lowest BCUT2D eigenvalue weighted by Gasteiger charge is -2.24. The molecule has 1 aromatic carbocycles. The Morgan fingerprint density at radius 1 is 1.24 bits per heavy atom. The third-order valence-corrected chi connectivity index (χ3v) is 4.12. The van der Waals surface area contributed by atoms with Gasteiger partial charge >= 0.3 is 5.97 Å². The van der Waals surface area contributed by atoms with Gasteiger partial charge in [-0.2, -0.15) is 0 Å². The van der Waals surface area contributed by atoms with Crippen molar-refractivity contribution in [2.24, 2.45) is 0 Å². The molecule has 1 aromatic rings. The Balaban J connectivity index is 2.79. The van der Waals surface area contributed by atoms with Gasteiger partial charge in [0.15, 0.2) is 0 Å². The van der Waals surface area contributed by atoms with Gasteiger partial charge in [0, 0.05) is 15.0 Å². The van der Waals surface area contributed by atoms with Crippen molar-refractivity contribution < 1.29 is 14.7 Å². The lowest BCUT2D eigenvalue weighted by atomic mass is 10.2. The number of hydrogen-bond donors (Lipinski definition) is 2. The molecule has 0 fully saturated rings. The van der Waals surface area contributed by atoms with Gasteiger partial charge in [-0.05, 0) is 70.3 Å². The predicted octanol–water partition coefficient (Wildman–Crippen LogP) is 3.25. The summed E-state index contributed by atoms with van der Waals surface area (Å²) in [5.41, 5.74) is 1.70. The van der Waals surface area contributed by atoms with Crippen LogP contribution in [-0.4, -0.2) is 41.0 Å². The smallest absolute Gasteiger partial charge is 0.317 e. The first-order valence-electron chi connectivity index (χ1n) is 6.42. The third-order valence-electron chi connectivity index (χ3n) is 2.87. The summed E-state index contributed by atoms with van der Waals surface area (Å²) >= 11 is 6.82. The minimum absolute atomic E-state index is 0.0245. The molecule has 5 nitrogen and oxygen atoms in total. The molecule has 116 valence electrons. The fraction of sp³-hybridized carbons (Fsp3) is 0.429. The maximum atomic E-state index is 12.1. The zero-order valence-corrected chi connectivity index (χ0v) is 15.3. The van der Waals surface area contributed by atoms with E-state index in [0.717, 1.165) is 14.5 Å². The molecule has 7 heteroatoms. The van der Waals surface area contributed by atoms with Gasteiger partial charge in [-0.3, -0.25) is 14.5 Å². The fourth-order valence-electron chi connectivity index (χ4n) is 1.78. The van der Waals surface area contributed by atoms with Crippen molar-refractivity contribution in [2.75, 3.05) is 18.4 Å². The van der Waals surface area contributed by atoms with Gasteiger partial charge in [-0.25, -0.2) is 0 Å². The standard InChI is InChI=1S/C14H18Br2N2O3/c1-8(2)18(7-13(20)21)6-12(19)17-14-10(15)4-9(3)5-11(14)16/h4-5,8H,6-7H2,1-3H3,(H,17,19)(H,20,21). The quantitative estimate of drug-likeness (QED) is 0.739. The maximum Gasteiger partial charge on any atom is 0.317 e. The Hall–Kier alpha value is -0.920. The summed E-state index contributed by atoms with van der Waals surface area (Å²) in [5.74, 6) is -1.20. The van der Waals surface area contributed by atoms with E-state index in [1.807, 2.05) is 32.9 Å². The van der Waals surface area contributed by atoms with E-state index < -0.39 is 5.97 Å². The topological polar surface area (TPSA) is 69.6 Å². The van der Waals surface area contributed by atoms with E-state index >= 15 is 0 Å². The molecule has 1 rings (SSSR count). The highest BCUT2D eigenvalue weighted by Gasteiger charge is 2.18. The molecular weight excluding hydrogens is 404 g/mol. The second-order valence-electron chi connectivity index (χ2n) is 5.04. The first-order valence-corrected chi connectivity index (χ1v) is 8.00. The number of carboxylic acids is 1. The summed E-state index contributed by atoms with van der Waals surface area (Å²) in [7, 11) is 0. The first-order chi connectivity index (χ1) is 9.70. The highest BCUT2D eigenvalue weighted by atomic mass is 79.9. The number of carboxylic acid groups (broad SMARTS) is 1. The Labute approximate surface area is 141 Å². The van der Waals surface area contributed by atoms with Crippen LogP contribution in [0.3, 0.4) is 0 Å². The Bertz CT molecular complexity index is 524. The number of carbonyl (C=O) groups is 2.